The van der Waals surface area contributed by atoms with Crippen molar-refractivity contribution in [3.8, 4) is 0 Å². The van der Waals surface area contributed by atoms with Gasteiger partial charge in [0.15, 0.2) is 0 Å². The van der Waals surface area contributed by atoms with Gasteiger partial charge in [-0.2, -0.15) is 0 Å². The SMILES string of the molecule is CC(C)(C)C(=O)NCCc1ccc2c(c1)CCC(=O)N2. The molecule has 0 aliphatic carbocycles. The lowest BCUT2D eigenvalue weighted by molar-refractivity contribution is -0.128. The van der Waals surface area contributed by atoms with Crippen LogP contribution in [0.15, 0.2) is 18.2 Å². The lowest BCUT2D eigenvalue weighted by Crippen LogP contribution is -2.35. The minimum Gasteiger partial charge on any atom is -0.355 e. The summed E-state index contributed by atoms with van der Waals surface area (Å²) in [5.74, 6) is 0.158. The summed E-state index contributed by atoms with van der Waals surface area (Å²) in [4.78, 5) is 23.1. The second kappa shape index (κ2) is 5.65. The van der Waals surface area contributed by atoms with Crippen LogP contribution in [0.1, 0.15) is 38.3 Å². The van der Waals surface area contributed by atoms with Gasteiger partial charge in [0.2, 0.25) is 11.8 Å². The molecule has 0 atom stereocenters. The minimum absolute atomic E-state index is 0.0720. The molecular formula is C16H22N2O2. The fourth-order valence-electron chi connectivity index (χ4n) is 2.18. The van der Waals surface area contributed by atoms with Crippen molar-refractivity contribution in [3.63, 3.8) is 0 Å². The molecule has 0 fully saturated rings. The Morgan fingerprint density at radius 2 is 2.05 bits per heavy atom. The zero-order valence-electron chi connectivity index (χ0n) is 12.4. The van der Waals surface area contributed by atoms with E-state index >= 15 is 0 Å². The van der Waals surface area contributed by atoms with Gasteiger partial charge in [-0.1, -0.05) is 32.9 Å². The number of rotatable bonds is 3. The zero-order valence-corrected chi connectivity index (χ0v) is 12.4. The van der Waals surface area contributed by atoms with Gasteiger partial charge < -0.3 is 10.6 Å². The Bertz CT molecular complexity index is 530. The maximum Gasteiger partial charge on any atom is 0.225 e. The Balaban J connectivity index is 1.92. The summed E-state index contributed by atoms with van der Waals surface area (Å²) in [6.07, 6.45) is 2.16. The standard InChI is InChI=1S/C16H22N2O2/c1-16(2,3)15(20)17-9-8-11-4-6-13-12(10-11)5-7-14(19)18-13/h4,6,10H,5,7-9H2,1-3H3,(H,17,20)(H,18,19). The topological polar surface area (TPSA) is 58.2 Å². The van der Waals surface area contributed by atoms with Gasteiger partial charge >= 0.3 is 0 Å². The third kappa shape index (κ3) is 3.59. The van der Waals surface area contributed by atoms with Crippen LogP contribution < -0.4 is 10.6 Å². The number of anilines is 1. The van der Waals surface area contributed by atoms with Crippen molar-refractivity contribution in [2.24, 2.45) is 5.41 Å². The van der Waals surface area contributed by atoms with Crippen LogP contribution in [0.2, 0.25) is 0 Å². The summed E-state index contributed by atoms with van der Waals surface area (Å²) in [5, 5.41) is 5.82. The highest BCUT2D eigenvalue weighted by molar-refractivity contribution is 5.93. The molecular weight excluding hydrogens is 252 g/mol. The minimum atomic E-state index is -0.347. The van der Waals surface area contributed by atoms with Crippen molar-refractivity contribution in [3.05, 3.63) is 29.3 Å². The van der Waals surface area contributed by atoms with Crippen LogP contribution in [-0.2, 0) is 22.4 Å². The number of benzene rings is 1. The molecule has 0 radical (unpaired) electrons. The van der Waals surface area contributed by atoms with Crippen LogP contribution in [0.3, 0.4) is 0 Å². The summed E-state index contributed by atoms with van der Waals surface area (Å²) in [6.45, 7) is 6.36. The van der Waals surface area contributed by atoms with Gasteiger partial charge in [0, 0.05) is 24.1 Å². The molecule has 4 nitrogen and oxygen atoms in total. The van der Waals surface area contributed by atoms with E-state index < -0.39 is 0 Å². The van der Waals surface area contributed by atoms with E-state index in [1.165, 1.54) is 11.1 Å². The highest BCUT2D eigenvalue weighted by Gasteiger charge is 2.20. The van der Waals surface area contributed by atoms with Crippen LogP contribution >= 0.6 is 0 Å². The predicted octanol–water partition coefficient (Wildman–Crippen LogP) is 2.28. The Kier molecular flexibility index (Phi) is 4.12. The number of fused-ring (bicyclic) bond motifs is 1. The lowest BCUT2D eigenvalue weighted by atomic mass is 9.95. The first kappa shape index (κ1) is 14.6. The van der Waals surface area contributed by atoms with Gasteiger partial charge in [0.25, 0.3) is 0 Å². The van der Waals surface area contributed by atoms with Crippen LogP contribution in [0, 0.1) is 5.41 Å². The summed E-state index contributed by atoms with van der Waals surface area (Å²) in [5.41, 5.74) is 2.95. The van der Waals surface area contributed by atoms with Crippen molar-refractivity contribution >= 4 is 17.5 Å². The van der Waals surface area contributed by atoms with Crippen molar-refractivity contribution < 1.29 is 9.59 Å². The van der Waals surface area contributed by atoms with Gasteiger partial charge in [-0.05, 0) is 30.0 Å². The van der Waals surface area contributed by atoms with E-state index in [-0.39, 0.29) is 17.2 Å². The Hall–Kier alpha value is -1.84. The fraction of sp³-hybridized carbons (Fsp3) is 0.500. The van der Waals surface area contributed by atoms with E-state index in [2.05, 4.69) is 16.7 Å². The van der Waals surface area contributed by atoms with E-state index in [1.807, 2.05) is 32.9 Å². The van der Waals surface area contributed by atoms with Crippen molar-refractivity contribution in [1.82, 2.24) is 5.32 Å². The van der Waals surface area contributed by atoms with Gasteiger partial charge in [0.05, 0.1) is 0 Å². The fourth-order valence-corrected chi connectivity index (χ4v) is 2.18. The van der Waals surface area contributed by atoms with Gasteiger partial charge in [-0.25, -0.2) is 0 Å². The highest BCUT2D eigenvalue weighted by Crippen LogP contribution is 2.23. The maximum atomic E-state index is 11.8. The van der Waals surface area contributed by atoms with Crippen LogP contribution in [0.4, 0.5) is 5.69 Å². The molecule has 0 saturated carbocycles. The number of carbonyl (C=O) groups is 2. The van der Waals surface area contributed by atoms with Gasteiger partial charge in [-0.3, -0.25) is 9.59 Å². The second-order valence-corrected chi connectivity index (χ2v) is 6.30. The smallest absolute Gasteiger partial charge is 0.225 e. The molecule has 1 aliphatic heterocycles. The molecule has 0 aromatic heterocycles. The van der Waals surface area contributed by atoms with Gasteiger partial charge in [0.1, 0.15) is 0 Å². The molecule has 2 N–H and O–H groups in total. The largest absolute Gasteiger partial charge is 0.355 e. The number of aryl methyl sites for hydroxylation is 1. The Labute approximate surface area is 119 Å². The molecule has 4 heteroatoms. The van der Waals surface area contributed by atoms with Crippen molar-refractivity contribution in [2.45, 2.75) is 40.0 Å². The van der Waals surface area contributed by atoms with Crippen LogP contribution in [0.5, 0.6) is 0 Å². The zero-order chi connectivity index (χ0) is 14.8. The summed E-state index contributed by atoms with van der Waals surface area (Å²) in [6, 6.07) is 6.08. The van der Waals surface area contributed by atoms with Crippen molar-refractivity contribution in [1.29, 1.82) is 0 Å². The lowest BCUT2D eigenvalue weighted by Gasteiger charge is -2.19. The maximum absolute atomic E-state index is 11.8. The van der Waals surface area contributed by atoms with Crippen LogP contribution in [-0.4, -0.2) is 18.4 Å². The van der Waals surface area contributed by atoms with E-state index in [0.717, 1.165) is 18.5 Å². The molecule has 0 unspecified atom stereocenters. The molecule has 0 spiro atoms. The summed E-state index contributed by atoms with van der Waals surface area (Å²) < 4.78 is 0. The average Bonchev–Trinajstić information content (AvgIpc) is 2.37. The normalized spacial score (nSPS) is 14.4. The van der Waals surface area contributed by atoms with E-state index in [1.54, 1.807) is 0 Å². The number of hydrogen-bond acceptors (Lipinski definition) is 2. The summed E-state index contributed by atoms with van der Waals surface area (Å²) >= 11 is 0. The summed E-state index contributed by atoms with van der Waals surface area (Å²) in [7, 11) is 0. The molecule has 0 saturated heterocycles. The number of nitrogens with one attached hydrogen (secondary N) is 2. The molecule has 1 aromatic rings. The molecule has 2 rings (SSSR count). The average molecular weight is 274 g/mol. The molecule has 20 heavy (non-hydrogen) atoms. The molecule has 108 valence electrons. The third-order valence-corrected chi connectivity index (χ3v) is 3.45. The Morgan fingerprint density at radius 1 is 1.30 bits per heavy atom. The second-order valence-electron chi connectivity index (χ2n) is 6.30. The predicted molar refractivity (Wildman–Crippen MR) is 79.6 cm³/mol. The first-order valence-electron chi connectivity index (χ1n) is 7.06. The number of carbonyl (C=O) groups excluding carboxylic acids is 2. The Morgan fingerprint density at radius 3 is 2.75 bits per heavy atom. The first-order chi connectivity index (χ1) is 9.36. The molecule has 2 amide bonds. The first-order valence-corrected chi connectivity index (χ1v) is 7.06. The molecule has 1 aromatic carbocycles. The molecule has 1 heterocycles. The molecule has 0 bridgehead atoms. The van der Waals surface area contributed by atoms with E-state index in [0.29, 0.717) is 13.0 Å². The number of hydrogen-bond donors (Lipinski definition) is 2. The highest BCUT2D eigenvalue weighted by atomic mass is 16.2. The van der Waals surface area contributed by atoms with Crippen LogP contribution in [0.25, 0.3) is 0 Å². The number of amides is 2. The van der Waals surface area contributed by atoms with E-state index in [4.69, 9.17) is 0 Å². The monoisotopic (exact) mass is 274 g/mol. The van der Waals surface area contributed by atoms with E-state index in [9.17, 15) is 9.59 Å². The van der Waals surface area contributed by atoms with Crippen molar-refractivity contribution in [2.75, 3.05) is 11.9 Å². The quantitative estimate of drug-likeness (QED) is 0.888. The third-order valence-electron chi connectivity index (χ3n) is 3.45. The molecule has 1 aliphatic rings. The van der Waals surface area contributed by atoms with Gasteiger partial charge in [-0.15, -0.1) is 0 Å².